The van der Waals surface area contributed by atoms with Crippen molar-refractivity contribution in [2.45, 2.75) is 6.35 Å². The van der Waals surface area contributed by atoms with Crippen LogP contribution in [0.3, 0.4) is 0 Å². The average molecular weight is 115 g/mol. The van der Waals surface area contributed by atoms with Crippen molar-refractivity contribution in [3.05, 3.63) is 0 Å². The molecule has 0 saturated heterocycles. The third kappa shape index (κ3) is 0.962. The second-order valence-electron chi connectivity index (χ2n) is 1.59. The summed E-state index contributed by atoms with van der Waals surface area (Å²) in [5.41, 5.74) is 2.89. The van der Waals surface area contributed by atoms with Crippen LogP contribution < -0.4 is 5.43 Å². The summed E-state index contributed by atoms with van der Waals surface area (Å²) < 4.78 is 4.83. The maximum Gasteiger partial charge on any atom is 0.222 e. The van der Waals surface area contributed by atoms with E-state index in [0.29, 0.717) is 0 Å². The SMILES string of the molecule is COC1N=CN(C)N1. The molecule has 8 heavy (non-hydrogen) atoms. The molecular formula is C4H9N3O. The van der Waals surface area contributed by atoms with E-state index in [1.807, 2.05) is 7.05 Å². The molecule has 4 heteroatoms. The molecule has 4 nitrogen and oxygen atoms in total. The van der Waals surface area contributed by atoms with Gasteiger partial charge in [0.2, 0.25) is 6.35 Å². The lowest BCUT2D eigenvalue weighted by atomic mass is 11.0. The van der Waals surface area contributed by atoms with Crippen LogP contribution in [0.25, 0.3) is 0 Å². The molecule has 1 aliphatic heterocycles. The van der Waals surface area contributed by atoms with E-state index in [1.54, 1.807) is 18.5 Å². The summed E-state index contributed by atoms with van der Waals surface area (Å²) in [6, 6.07) is 0. The van der Waals surface area contributed by atoms with Gasteiger partial charge in [-0.05, 0) is 0 Å². The van der Waals surface area contributed by atoms with E-state index in [4.69, 9.17) is 4.74 Å². The monoisotopic (exact) mass is 115 g/mol. The van der Waals surface area contributed by atoms with Crippen LogP contribution in [-0.2, 0) is 4.74 Å². The van der Waals surface area contributed by atoms with Gasteiger partial charge in [0.05, 0.1) is 0 Å². The number of aliphatic imine (C=N–C) groups is 1. The van der Waals surface area contributed by atoms with Crippen LogP contribution in [0.2, 0.25) is 0 Å². The summed E-state index contributed by atoms with van der Waals surface area (Å²) in [5.74, 6) is 0. The topological polar surface area (TPSA) is 36.9 Å². The van der Waals surface area contributed by atoms with Crippen LogP contribution in [0, 0.1) is 0 Å². The van der Waals surface area contributed by atoms with E-state index in [0.717, 1.165) is 0 Å². The molecule has 0 aromatic heterocycles. The molecule has 46 valence electrons. The highest BCUT2D eigenvalue weighted by Crippen LogP contribution is 1.92. The smallest absolute Gasteiger partial charge is 0.222 e. The lowest BCUT2D eigenvalue weighted by Gasteiger charge is -2.09. The van der Waals surface area contributed by atoms with Gasteiger partial charge in [-0.25, -0.2) is 4.99 Å². The molecule has 1 heterocycles. The average Bonchev–Trinajstić information content (AvgIpc) is 2.14. The molecule has 0 amide bonds. The Morgan fingerprint density at radius 3 is 2.88 bits per heavy atom. The van der Waals surface area contributed by atoms with Gasteiger partial charge >= 0.3 is 0 Å². The Bertz CT molecular complexity index is 103. The third-order valence-electron chi connectivity index (χ3n) is 0.913. The zero-order valence-electron chi connectivity index (χ0n) is 4.96. The van der Waals surface area contributed by atoms with Crippen molar-refractivity contribution in [2.75, 3.05) is 14.2 Å². The molecule has 0 spiro atoms. The minimum atomic E-state index is -0.181. The fourth-order valence-corrected chi connectivity index (χ4v) is 0.515. The first-order valence-electron chi connectivity index (χ1n) is 2.38. The Labute approximate surface area is 48.1 Å². The van der Waals surface area contributed by atoms with Crippen molar-refractivity contribution in [3.8, 4) is 0 Å². The number of hydrogen-bond acceptors (Lipinski definition) is 4. The Hall–Kier alpha value is -0.610. The highest BCUT2D eigenvalue weighted by molar-refractivity contribution is 5.55. The number of ether oxygens (including phenoxy) is 1. The number of nitrogens with zero attached hydrogens (tertiary/aromatic N) is 2. The summed E-state index contributed by atoms with van der Waals surface area (Å²) in [4.78, 5) is 3.90. The van der Waals surface area contributed by atoms with E-state index in [-0.39, 0.29) is 6.35 Å². The summed E-state index contributed by atoms with van der Waals surface area (Å²) in [6.45, 7) is 0. The Morgan fingerprint density at radius 1 is 1.88 bits per heavy atom. The number of hydrogen-bond donors (Lipinski definition) is 1. The van der Waals surface area contributed by atoms with Crippen molar-refractivity contribution < 1.29 is 4.74 Å². The van der Waals surface area contributed by atoms with Crippen molar-refractivity contribution in [1.82, 2.24) is 10.4 Å². The second kappa shape index (κ2) is 2.11. The molecule has 0 saturated carbocycles. The molecule has 0 fully saturated rings. The van der Waals surface area contributed by atoms with Crippen molar-refractivity contribution in [1.29, 1.82) is 0 Å². The first-order chi connectivity index (χ1) is 3.83. The second-order valence-corrected chi connectivity index (χ2v) is 1.59. The van der Waals surface area contributed by atoms with Crippen LogP contribution in [0.5, 0.6) is 0 Å². The number of hydrazine groups is 1. The van der Waals surface area contributed by atoms with Gasteiger partial charge in [-0.2, -0.15) is 5.43 Å². The maximum absolute atomic E-state index is 4.83. The van der Waals surface area contributed by atoms with Crippen LogP contribution in [0.15, 0.2) is 4.99 Å². The van der Waals surface area contributed by atoms with Gasteiger partial charge in [-0.15, -0.1) is 0 Å². The fourth-order valence-electron chi connectivity index (χ4n) is 0.515. The largest absolute Gasteiger partial charge is 0.346 e. The molecule has 0 aromatic rings. The molecule has 0 aliphatic carbocycles. The van der Waals surface area contributed by atoms with Gasteiger partial charge in [0.25, 0.3) is 0 Å². The van der Waals surface area contributed by atoms with Gasteiger partial charge in [-0.3, -0.25) is 5.01 Å². The van der Waals surface area contributed by atoms with Crippen molar-refractivity contribution >= 4 is 6.34 Å². The van der Waals surface area contributed by atoms with Crippen LogP contribution >= 0.6 is 0 Å². The molecule has 0 bridgehead atoms. The van der Waals surface area contributed by atoms with E-state index in [1.165, 1.54) is 0 Å². The molecule has 1 atom stereocenters. The molecule has 1 aliphatic rings. The lowest BCUT2D eigenvalue weighted by Crippen LogP contribution is -2.34. The number of nitrogens with one attached hydrogen (secondary N) is 1. The highest BCUT2D eigenvalue weighted by Gasteiger charge is 2.09. The quantitative estimate of drug-likeness (QED) is 0.495. The first kappa shape index (κ1) is 5.53. The van der Waals surface area contributed by atoms with E-state index in [2.05, 4.69) is 10.4 Å². The minimum Gasteiger partial charge on any atom is -0.346 e. The van der Waals surface area contributed by atoms with Crippen LogP contribution in [-0.4, -0.2) is 31.9 Å². The molecule has 0 aromatic carbocycles. The maximum atomic E-state index is 4.83. The molecular weight excluding hydrogens is 106 g/mol. The van der Waals surface area contributed by atoms with Gasteiger partial charge < -0.3 is 4.74 Å². The predicted molar refractivity (Wildman–Crippen MR) is 30.2 cm³/mol. The van der Waals surface area contributed by atoms with Gasteiger partial charge in [0, 0.05) is 14.2 Å². The van der Waals surface area contributed by atoms with Crippen molar-refractivity contribution in [2.24, 2.45) is 4.99 Å². The number of rotatable bonds is 1. The summed E-state index contributed by atoms with van der Waals surface area (Å²) >= 11 is 0. The van der Waals surface area contributed by atoms with E-state index >= 15 is 0 Å². The van der Waals surface area contributed by atoms with Crippen LogP contribution in [0.4, 0.5) is 0 Å². The number of methoxy groups -OCH3 is 1. The van der Waals surface area contributed by atoms with Crippen LogP contribution in [0.1, 0.15) is 0 Å². The molecule has 1 unspecified atom stereocenters. The standard InChI is InChI=1S/C4H9N3O/c1-7-3-5-4(6-7)8-2/h3-4,6H,1-2H3. The molecule has 1 N–H and O–H groups in total. The third-order valence-corrected chi connectivity index (χ3v) is 0.913. The Morgan fingerprint density at radius 2 is 2.62 bits per heavy atom. The minimum absolute atomic E-state index is 0.181. The zero-order valence-corrected chi connectivity index (χ0v) is 4.96. The van der Waals surface area contributed by atoms with Gasteiger partial charge in [0.15, 0.2) is 0 Å². The summed E-state index contributed by atoms with van der Waals surface area (Å²) in [7, 11) is 3.47. The zero-order chi connectivity index (χ0) is 5.98. The first-order valence-corrected chi connectivity index (χ1v) is 2.38. The highest BCUT2D eigenvalue weighted by atomic mass is 16.5. The van der Waals surface area contributed by atoms with E-state index in [9.17, 15) is 0 Å². The summed E-state index contributed by atoms with van der Waals surface area (Å²) in [6.07, 6.45) is 1.49. The molecule has 1 rings (SSSR count). The fraction of sp³-hybridized carbons (Fsp3) is 0.750. The molecule has 0 radical (unpaired) electrons. The van der Waals surface area contributed by atoms with Gasteiger partial charge in [-0.1, -0.05) is 0 Å². The van der Waals surface area contributed by atoms with E-state index < -0.39 is 0 Å². The van der Waals surface area contributed by atoms with Gasteiger partial charge in [0.1, 0.15) is 6.34 Å². The van der Waals surface area contributed by atoms with Crippen molar-refractivity contribution in [3.63, 3.8) is 0 Å². The normalized spacial score (nSPS) is 27.2. The predicted octanol–water partition coefficient (Wildman–Crippen LogP) is -0.605. The Kier molecular flexibility index (Phi) is 1.45. The lowest BCUT2D eigenvalue weighted by molar-refractivity contribution is 0.0596. The summed E-state index contributed by atoms with van der Waals surface area (Å²) in [5, 5.41) is 1.74. The Balaban J connectivity index is 2.34.